The molecule has 0 atom stereocenters. The van der Waals surface area contributed by atoms with Crippen molar-refractivity contribution >= 4 is 34.0 Å². The number of hydrogen-bond acceptors (Lipinski definition) is 6. The van der Waals surface area contributed by atoms with E-state index < -0.39 is 5.60 Å². The molecule has 31 heavy (non-hydrogen) atoms. The molecule has 0 radical (unpaired) electrons. The summed E-state index contributed by atoms with van der Waals surface area (Å²) in [4.78, 5) is 13.4. The number of rotatable bonds is 4. The Balaban J connectivity index is 1.38. The standard InChI is InChI=1S/C22H23ClN6OS/c23-16-10-25-20-15(19(16)18-11-26-21(31-18)22(30)4-1-5-22)8-17(28-20)13-9-27-29(12-13)14-2-6-24-7-3-14/h8-12,14,24,30H,1-7H2,(H,25,28). The van der Waals surface area contributed by atoms with E-state index in [4.69, 9.17) is 11.6 Å². The highest BCUT2D eigenvalue weighted by molar-refractivity contribution is 7.15. The second-order valence-electron chi connectivity index (χ2n) is 8.53. The fraction of sp³-hybridized carbons (Fsp3) is 0.409. The summed E-state index contributed by atoms with van der Waals surface area (Å²) in [5, 5.41) is 21.0. The van der Waals surface area contributed by atoms with Crippen LogP contribution in [0.25, 0.3) is 32.7 Å². The van der Waals surface area contributed by atoms with Crippen molar-refractivity contribution < 1.29 is 5.11 Å². The number of aromatic nitrogens is 5. The molecule has 3 N–H and O–H groups in total. The number of nitrogens with zero attached hydrogens (tertiary/aromatic N) is 4. The quantitative estimate of drug-likeness (QED) is 0.422. The Labute approximate surface area is 188 Å². The van der Waals surface area contributed by atoms with Crippen molar-refractivity contribution in [2.45, 2.75) is 43.7 Å². The van der Waals surface area contributed by atoms with Crippen LogP contribution in [0, 0.1) is 0 Å². The Bertz CT molecular complexity index is 1250. The zero-order valence-electron chi connectivity index (χ0n) is 16.9. The lowest BCUT2D eigenvalue weighted by atomic mass is 9.81. The number of thiazole rings is 1. The van der Waals surface area contributed by atoms with Gasteiger partial charge in [-0.05, 0) is 51.3 Å². The summed E-state index contributed by atoms with van der Waals surface area (Å²) in [5.74, 6) is 0. The lowest BCUT2D eigenvalue weighted by Gasteiger charge is -2.34. The number of H-pyrrole nitrogens is 1. The van der Waals surface area contributed by atoms with Crippen LogP contribution in [0.15, 0.2) is 30.9 Å². The van der Waals surface area contributed by atoms with Crippen LogP contribution in [0.1, 0.15) is 43.2 Å². The van der Waals surface area contributed by atoms with Crippen molar-refractivity contribution in [3.63, 3.8) is 0 Å². The Morgan fingerprint density at radius 1 is 1.16 bits per heavy atom. The minimum atomic E-state index is -0.770. The molecular formula is C22H23ClN6OS. The van der Waals surface area contributed by atoms with Gasteiger partial charge in [-0.25, -0.2) is 9.97 Å². The molecule has 6 rings (SSSR count). The van der Waals surface area contributed by atoms with E-state index in [0.29, 0.717) is 11.1 Å². The van der Waals surface area contributed by atoms with Crippen LogP contribution in [-0.4, -0.2) is 42.9 Å². The zero-order chi connectivity index (χ0) is 21.0. The summed E-state index contributed by atoms with van der Waals surface area (Å²) in [6, 6.07) is 2.53. The van der Waals surface area contributed by atoms with Gasteiger partial charge in [0.1, 0.15) is 16.3 Å². The third-order valence-electron chi connectivity index (χ3n) is 6.54. The summed E-state index contributed by atoms with van der Waals surface area (Å²) in [7, 11) is 0. The zero-order valence-corrected chi connectivity index (χ0v) is 18.5. The molecule has 1 aliphatic carbocycles. The highest BCUT2D eigenvalue weighted by atomic mass is 35.5. The number of pyridine rings is 1. The van der Waals surface area contributed by atoms with Crippen LogP contribution < -0.4 is 5.32 Å². The normalized spacial score (nSPS) is 19.0. The predicted molar refractivity (Wildman–Crippen MR) is 122 cm³/mol. The first-order valence-electron chi connectivity index (χ1n) is 10.7. The van der Waals surface area contributed by atoms with E-state index in [1.807, 2.05) is 12.4 Å². The third-order valence-corrected chi connectivity index (χ3v) is 8.03. The molecule has 160 valence electrons. The molecule has 1 saturated heterocycles. The molecule has 1 aliphatic heterocycles. The number of fused-ring (bicyclic) bond motifs is 1. The monoisotopic (exact) mass is 454 g/mol. The average molecular weight is 455 g/mol. The van der Waals surface area contributed by atoms with Gasteiger partial charge >= 0.3 is 0 Å². The molecule has 2 fully saturated rings. The van der Waals surface area contributed by atoms with Crippen molar-refractivity contribution in [1.82, 2.24) is 30.0 Å². The average Bonchev–Trinajstić information content (AvgIpc) is 3.51. The van der Waals surface area contributed by atoms with E-state index >= 15 is 0 Å². The van der Waals surface area contributed by atoms with E-state index in [9.17, 15) is 5.11 Å². The van der Waals surface area contributed by atoms with Crippen molar-refractivity contribution in [3.05, 3.63) is 40.9 Å². The summed E-state index contributed by atoms with van der Waals surface area (Å²) in [6.45, 7) is 2.06. The van der Waals surface area contributed by atoms with Gasteiger partial charge in [0, 0.05) is 35.1 Å². The van der Waals surface area contributed by atoms with Gasteiger partial charge in [0.25, 0.3) is 0 Å². The van der Waals surface area contributed by atoms with Crippen molar-refractivity contribution in [3.8, 4) is 21.7 Å². The van der Waals surface area contributed by atoms with Gasteiger partial charge in [0.05, 0.1) is 27.8 Å². The molecule has 0 amide bonds. The molecule has 7 nitrogen and oxygen atoms in total. The van der Waals surface area contributed by atoms with Crippen LogP contribution in [0.3, 0.4) is 0 Å². The number of aromatic amines is 1. The predicted octanol–water partition coefficient (Wildman–Crippen LogP) is 4.50. The summed E-state index contributed by atoms with van der Waals surface area (Å²) in [6.07, 6.45) is 12.3. The molecule has 4 aromatic rings. The molecule has 2 aliphatic rings. The summed E-state index contributed by atoms with van der Waals surface area (Å²) >= 11 is 8.10. The van der Waals surface area contributed by atoms with Crippen LogP contribution >= 0.6 is 22.9 Å². The van der Waals surface area contributed by atoms with E-state index in [0.717, 1.165) is 82.9 Å². The molecule has 0 aromatic carbocycles. The first kappa shape index (κ1) is 19.4. The maximum atomic E-state index is 10.7. The van der Waals surface area contributed by atoms with Gasteiger partial charge in [-0.2, -0.15) is 5.10 Å². The maximum Gasteiger partial charge on any atom is 0.138 e. The molecule has 1 saturated carbocycles. The van der Waals surface area contributed by atoms with E-state index in [2.05, 4.69) is 42.3 Å². The maximum absolute atomic E-state index is 10.7. The van der Waals surface area contributed by atoms with Gasteiger partial charge in [-0.1, -0.05) is 11.6 Å². The molecule has 4 aromatic heterocycles. The fourth-order valence-electron chi connectivity index (χ4n) is 4.53. The van der Waals surface area contributed by atoms with E-state index in [1.165, 1.54) is 11.3 Å². The number of nitrogens with one attached hydrogen (secondary N) is 2. The van der Waals surface area contributed by atoms with Crippen molar-refractivity contribution in [2.75, 3.05) is 13.1 Å². The Morgan fingerprint density at radius 3 is 2.77 bits per heavy atom. The van der Waals surface area contributed by atoms with Gasteiger partial charge in [-0.15, -0.1) is 11.3 Å². The first-order valence-corrected chi connectivity index (χ1v) is 11.9. The molecule has 0 bridgehead atoms. The second-order valence-corrected chi connectivity index (χ2v) is 9.97. The number of hydrogen-bond donors (Lipinski definition) is 3. The van der Waals surface area contributed by atoms with Gasteiger partial charge in [-0.3, -0.25) is 4.68 Å². The van der Waals surface area contributed by atoms with Crippen molar-refractivity contribution in [1.29, 1.82) is 0 Å². The number of aliphatic hydroxyl groups is 1. The van der Waals surface area contributed by atoms with Crippen LogP contribution in [0.5, 0.6) is 0 Å². The van der Waals surface area contributed by atoms with Crippen molar-refractivity contribution in [2.24, 2.45) is 0 Å². The topological polar surface area (TPSA) is 91.7 Å². The largest absolute Gasteiger partial charge is 0.383 e. The lowest BCUT2D eigenvalue weighted by Crippen LogP contribution is -2.33. The Kier molecular flexibility index (Phi) is 4.64. The van der Waals surface area contributed by atoms with E-state index in [-0.39, 0.29) is 0 Å². The van der Waals surface area contributed by atoms with E-state index in [1.54, 1.807) is 6.20 Å². The van der Waals surface area contributed by atoms with Crippen LogP contribution in [0.2, 0.25) is 5.02 Å². The Morgan fingerprint density at radius 2 is 2.00 bits per heavy atom. The van der Waals surface area contributed by atoms with Gasteiger partial charge in [0.15, 0.2) is 0 Å². The van der Waals surface area contributed by atoms with Gasteiger partial charge < -0.3 is 15.4 Å². The highest BCUT2D eigenvalue weighted by Crippen LogP contribution is 2.46. The molecule has 0 spiro atoms. The molecule has 0 unspecified atom stereocenters. The first-order chi connectivity index (χ1) is 15.1. The van der Waals surface area contributed by atoms with Gasteiger partial charge in [0.2, 0.25) is 0 Å². The minimum Gasteiger partial charge on any atom is -0.383 e. The minimum absolute atomic E-state index is 0.440. The second kappa shape index (κ2) is 7.41. The third kappa shape index (κ3) is 3.29. The molecular weight excluding hydrogens is 432 g/mol. The van der Waals surface area contributed by atoms with Crippen LogP contribution in [0.4, 0.5) is 0 Å². The van der Waals surface area contributed by atoms with Crippen LogP contribution in [-0.2, 0) is 5.60 Å². The SMILES string of the molecule is OC1(c2ncc(-c3c(Cl)cnc4[nH]c(-c5cnn(C6CCNCC6)c5)cc34)s2)CCC1. The lowest BCUT2D eigenvalue weighted by molar-refractivity contribution is -0.0389. The smallest absolute Gasteiger partial charge is 0.138 e. The molecule has 5 heterocycles. The number of halogens is 1. The Hall–Kier alpha value is -2.26. The summed E-state index contributed by atoms with van der Waals surface area (Å²) < 4.78 is 2.08. The fourth-order valence-corrected chi connectivity index (χ4v) is 5.98. The summed E-state index contributed by atoms with van der Waals surface area (Å²) in [5.41, 5.74) is 2.92. The highest BCUT2D eigenvalue weighted by Gasteiger charge is 2.39. The number of piperidine rings is 1. The molecule has 9 heteroatoms.